The molecule has 0 N–H and O–H groups in total. The maximum absolute atomic E-state index is 2.45. The minimum atomic E-state index is 1.000. The average Bonchev–Trinajstić information content (AvgIpc) is 3.18. The Kier molecular flexibility index (Phi) is 2.71. The molecule has 0 bridgehead atoms. The first kappa shape index (κ1) is 14.1. The molecule has 1 heterocycles. The van der Waals surface area contributed by atoms with Crippen molar-refractivity contribution in [2.24, 2.45) is 0 Å². The van der Waals surface area contributed by atoms with Gasteiger partial charge in [0.15, 0.2) is 0 Å². The quantitative estimate of drug-likeness (QED) is 0.322. The van der Waals surface area contributed by atoms with E-state index in [0.29, 0.717) is 0 Å². The van der Waals surface area contributed by atoms with Gasteiger partial charge >= 0.3 is 0 Å². The lowest BCUT2D eigenvalue weighted by atomic mass is 9.99. The molecule has 0 saturated heterocycles. The van der Waals surface area contributed by atoms with E-state index in [1.807, 2.05) is 0 Å². The van der Waals surface area contributed by atoms with Crippen LogP contribution >= 0.6 is 0 Å². The van der Waals surface area contributed by atoms with Crippen LogP contribution in [0.25, 0.3) is 43.7 Å². The van der Waals surface area contributed by atoms with Crippen molar-refractivity contribution in [1.82, 2.24) is 4.57 Å². The summed E-state index contributed by atoms with van der Waals surface area (Å²) in [5.74, 6) is 0. The molecule has 0 radical (unpaired) electrons. The fourth-order valence-corrected chi connectivity index (χ4v) is 4.76. The third kappa shape index (κ3) is 1.75. The van der Waals surface area contributed by atoms with E-state index in [4.69, 9.17) is 0 Å². The zero-order valence-electron chi connectivity index (χ0n) is 14.8. The van der Waals surface area contributed by atoms with Crippen molar-refractivity contribution in [3.8, 4) is 11.1 Å². The number of hydrogen-bond donors (Lipinski definition) is 0. The number of para-hydroxylation sites is 1. The summed E-state index contributed by atoms with van der Waals surface area (Å²) in [5.41, 5.74) is 8.45. The predicted octanol–water partition coefficient (Wildman–Crippen LogP) is 6.54. The molecule has 0 saturated carbocycles. The van der Waals surface area contributed by atoms with Gasteiger partial charge < -0.3 is 4.57 Å². The van der Waals surface area contributed by atoms with Crippen molar-refractivity contribution in [1.29, 1.82) is 0 Å². The molecule has 0 amide bonds. The normalized spacial score (nSPS) is 12.8. The first-order chi connectivity index (χ1) is 12.8. The first-order valence-corrected chi connectivity index (χ1v) is 9.39. The summed E-state index contributed by atoms with van der Waals surface area (Å²) in [5, 5.41) is 5.41. The number of aromatic nitrogens is 1. The summed E-state index contributed by atoms with van der Waals surface area (Å²) < 4.78 is 2.45. The van der Waals surface area contributed by atoms with Crippen molar-refractivity contribution in [2.45, 2.75) is 19.9 Å². The molecule has 1 heteroatoms. The number of fused-ring (bicyclic) bond motifs is 7. The van der Waals surface area contributed by atoms with Crippen LogP contribution < -0.4 is 0 Å². The number of rotatable bonds is 1. The van der Waals surface area contributed by atoms with Gasteiger partial charge in [0.2, 0.25) is 0 Å². The van der Waals surface area contributed by atoms with Crippen molar-refractivity contribution < 1.29 is 0 Å². The minimum absolute atomic E-state index is 1.000. The lowest BCUT2D eigenvalue weighted by Crippen LogP contribution is -1.93. The topological polar surface area (TPSA) is 4.93 Å². The fourth-order valence-electron chi connectivity index (χ4n) is 4.76. The predicted molar refractivity (Wildman–Crippen MR) is 111 cm³/mol. The van der Waals surface area contributed by atoms with E-state index in [0.717, 1.165) is 13.0 Å². The smallest absolute Gasteiger partial charge is 0.0494 e. The number of benzene rings is 4. The van der Waals surface area contributed by atoms with Crippen LogP contribution in [0.1, 0.15) is 18.1 Å². The number of aryl methyl sites for hydroxylation is 1. The summed E-state index contributed by atoms with van der Waals surface area (Å²) in [6, 6.07) is 27.1. The molecule has 1 nitrogen and oxygen atoms in total. The molecule has 0 atom stereocenters. The van der Waals surface area contributed by atoms with E-state index in [9.17, 15) is 0 Å². The maximum Gasteiger partial charge on any atom is 0.0494 e. The van der Waals surface area contributed by atoms with Gasteiger partial charge in [-0.25, -0.2) is 0 Å². The second kappa shape index (κ2) is 4.98. The molecule has 0 fully saturated rings. The average molecular weight is 333 g/mol. The molecule has 1 aliphatic rings. The van der Waals surface area contributed by atoms with Gasteiger partial charge in [-0.15, -0.1) is 0 Å². The van der Waals surface area contributed by atoms with Crippen LogP contribution in [0.15, 0.2) is 72.8 Å². The zero-order chi connectivity index (χ0) is 17.3. The van der Waals surface area contributed by atoms with Gasteiger partial charge in [-0.3, -0.25) is 0 Å². The molecular weight excluding hydrogens is 314 g/mol. The molecule has 124 valence electrons. The largest absolute Gasteiger partial charge is 0.341 e. The van der Waals surface area contributed by atoms with Gasteiger partial charge in [0.25, 0.3) is 0 Å². The monoisotopic (exact) mass is 333 g/mol. The highest BCUT2D eigenvalue weighted by molar-refractivity contribution is 6.10. The highest BCUT2D eigenvalue weighted by atomic mass is 15.0. The Morgan fingerprint density at radius 1 is 0.692 bits per heavy atom. The number of hydrogen-bond acceptors (Lipinski definition) is 0. The molecule has 0 spiro atoms. The summed E-state index contributed by atoms with van der Waals surface area (Å²) in [4.78, 5) is 0. The van der Waals surface area contributed by atoms with E-state index < -0.39 is 0 Å². The van der Waals surface area contributed by atoms with Crippen LogP contribution in [0.2, 0.25) is 0 Å². The Morgan fingerprint density at radius 2 is 1.38 bits per heavy atom. The molecule has 5 aromatic rings. The lowest BCUT2D eigenvalue weighted by molar-refractivity contribution is 0.827. The summed E-state index contributed by atoms with van der Waals surface area (Å²) in [6.45, 7) is 3.24. The van der Waals surface area contributed by atoms with Crippen molar-refractivity contribution in [2.75, 3.05) is 0 Å². The highest BCUT2D eigenvalue weighted by Gasteiger charge is 2.22. The Hall–Kier alpha value is -3.06. The Bertz CT molecular complexity index is 1340. The van der Waals surface area contributed by atoms with Crippen molar-refractivity contribution in [3.63, 3.8) is 0 Å². The summed E-state index contributed by atoms with van der Waals surface area (Å²) in [7, 11) is 0. The van der Waals surface area contributed by atoms with E-state index in [2.05, 4.69) is 84.3 Å². The fraction of sp³-hybridized carbons (Fsp3) is 0.120. The van der Waals surface area contributed by atoms with Crippen LogP contribution in [0, 0.1) is 0 Å². The zero-order valence-corrected chi connectivity index (χ0v) is 14.8. The molecule has 1 aromatic heterocycles. The summed E-state index contributed by atoms with van der Waals surface area (Å²) in [6.07, 6.45) is 1.04. The third-order valence-electron chi connectivity index (χ3n) is 5.96. The van der Waals surface area contributed by atoms with Gasteiger partial charge in [-0.1, -0.05) is 48.5 Å². The van der Waals surface area contributed by atoms with Gasteiger partial charge in [0.1, 0.15) is 0 Å². The standard InChI is InChI=1S/C25H19N/c1-2-26-24-10-6-5-9-20(24)23-15-22-19(14-25(23)26)12-18-11-16-7-3-4-8-17(16)13-21(18)22/h3-11,13-15H,2,12H2,1H3. The maximum atomic E-state index is 2.45. The number of nitrogens with zero attached hydrogens (tertiary/aromatic N) is 1. The van der Waals surface area contributed by atoms with Crippen molar-refractivity contribution >= 4 is 32.6 Å². The van der Waals surface area contributed by atoms with Gasteiger partial charge in [0, 0.05) is 28.4 Å². The van der Waals surface area contributed by atoms with E-state index in [-0.39, 0.29) is 0 Å². The third-order valence-corrected chi connectivity index (χ3v) is 5.96. The van der Waals surface area contributed by atoms with Crippen LogP contribution in [0.3, 0.4) is 0 Å². The lowest BCUT2D eigenvalue weighted by Gasteiger charge is -2.06. The van der Waals surface area contributed by atoms with Crippen LogP contribution in [0.4, 0.5) is 0 Å². The van der Waals surface area contributed by atoms with Crippen molar-refractivity contribution in [3.05, 3.63) is 83.9 Å². The Morgan fingerprint density at radius 3 is 2.23 bits per heavy atom. The SMILES string of the molecule is CCn1c2ccccc2c2cc3c(cc21)Cc1cc2ccccc2cc1-3. The minimum Gasteiger partial charge on any atom is -0.341 e. The second-order valence-electron chi connectivity index (χ2n) is 7.32. The molecular formula is C25H19N. The molecule has 0 unspecified atom stereocenters. The van der Waals surface area contributed by atoms with Gasteiger partial charge in [-0.05, 0) is 70.6 Å². The molecule has 4 aromatic carbocycles. The molecule has 26 heavy (non-hydrogen) atoms. The van der Waals surface area contributed by atoms with Gasteiger partial charge in [0.05, 0.1) is 0 Å². The van der Waals surface area contributed by atoms with E-state index in [1.165, 1.54) is 54.8 Å². The molecule has 1 aliphatic carbocycles. The molecule has 6 rings (SSSR count). The van der Waals surface area contributed by atoms with Crippen LogP contribution in [0.5, 0.6) is 0 Å². The Balaban J connectivity index is 1.70. The molecule has 0 aliphatic heterocycles. The van der Waals surface area contributed by atoms with E-state index in [1.54, 1.807) is 0 Å². The van der Waals surface area contributed by atoms with Crippen LogP contribution in [-0.4, -0.2) is 4.57 Å². The van der Waals surface area contributed by atoms with E-state index >= 15 is 0 Å². The highest BCUT2D eigenvalue weighted by Crippen LogP contribution is 2.42. The first-order valence-electron chi connectivity index (χ1n) is 9.39. The van der Waals surface area contributed by atoms with Gasteiger partial charge in [-0.2, -0.15) is 0 Å². The Labute approximate surface area is 152 Å². The van der Waals surface area contributed by atoms with Crippen LogP contribution in [-0.2, 0) is 13.0 Å². The second-order valence-corrected chi connectivity index (χ2v) is 7.32. The summed E-state index contributed by atoms with van der Waals surface area (Å²) >= 11 is 0.